The molecule has 0 unspecified atom stereocenters. The van der Waals surface area contributed by atoms with Crippen LogP contribution in [-0.4, -0.2) is 43.3 Å². The summed E-state index contributed by atoms with van der Waals surface area (Å²) in [4.78, 5) is 14.2. The van der Waals surface area contributed by atoms with Crippen molar-refractivity contribution in [1.29, 1.82) is 0 Å². The van der Waals surface area contributed by atoms with Crippen LogP contribution in [0.2, 0.25) is 0 Å². The van der Waals surface area contributed by atoms with Crippen molar-refractivity contribution in [2.24, 2.45) is 0 Å². The van der Waals surface area contributed by atoms with Crippen LogP contribution in [0.15, 0.2) is 18.2 Å². The zero-order valence-corrected chi connectivity index (χ0v) is 11.5. The van der Waals surface area contributed by atoms with E-state index in [1.54, 1.807) is 18.2 Å². The number of hydrogen-bond acceptors (Lipinski definition) is 4. The van der Waals surface area contributed by atoms with Gasteiger partial charge in [0.2, 0.25) is 6.79 Å². The topological polar surface area (TPSA) is 50.8 Å². The lowest BCUT2D eigenvalue weighted by atomic mass is 10.1. The molecule has 6 heteroatoms. The molecule has 5 nitrogen and oxygen atoms in total. The average molecular weight is 285 g/mol. The fourth-order valence-electron chi connectivity index (χ4n) is 2.33. The van der Waals surface area contributed by atoms with Crippen molar-refractivity contribution < 1.29 is 14.3 Å². The number of fused-ring (bicyclic) bond motifs is 1. The number of nitrogens with zero attached hydrogens (tertiary/aromatic N) is 1. The minimum Gasteiger partial charge on any atom is -0.454 e. The van der Waals surface area contributed by atoms with Crippen molar-refractivity contribution >= 4 is 18.3 Å². The van der Waals surface area contributed by atoms with Gasteiger partial charge in [0, 0.05) is 31.2 Å². The van der Waals surface area contributed by atoms with Crippen molar-refractivity contribution in [3.63, 3.8) is 0 Å². The maximum atomic E-state index is 12.3. The number of carbonyl (C=O) groups excluding carboxylic acids is 1. The molecule has 0 aliphatic carbocycles. The largest absolute Gasteiger partial charge is 0.454 e. The highest BCUT2D eigenvalue weighted by Gasteiger charge is 2.23. The quantitative estimate of drug-likeness (QED) is 0.844. The van der Waals surface area contributed by atoms with E-state index in [0.717, 1.165) is 19.6 Å². The van der Waals surface area contributed by atoms with E-state index < -0.39 is 0 Å². The van der Waals surface area contributed by atoms with Crippen LogP contribution >= 0.6 is 12.4 Å². The average Bonchev–Trinajstić information content (AvgIpc) is 2.85. The van der Waals surface area contributed by atoms with Gasteiger partial charge in [-0.3, -0.25) is 4.79 Å². The molecule has 1 atom stereocenters. The van der Waals surface area contributed by atoms with Crippen LogP contribution in [0.3, 0.4) is 0 Å². The second-order valence-corrected chi connectivity index (χ2v) is 4.67. The molecular formula is C13H17ClN2O3. The van der Waals surface area contributed by atoms with Crippen LogP contribution < -0.4 is 14.8 Å². The standard InChI is InChI=1S/C13H16N2O3.ClH/c1-9-7-15(5-4-14-9)13(16)10-2-3-11-12(6-10)18-8-17-11;/h2-3,6,9,14H,4-5,7-8H2,1H3;1H/t9-;/m0./s1. The Morgan fingerprint density at radius 1 is 1.37 bits per heavy atom. The number of amides is 1. The summed E-state index contributed by atoms with van der Waals surface area (Å²) in [5.74, 6) is 1.42. The number of carbonyl (C=O) groups is 1. The molecule has 19 heavy (non-hydrogen) atoms. The Bertz CT molecular complexity index is 481. The number of hydrogen-bond donors (Lipinski definition) is 1. The molecule has 3 rings (SSSR count). The Hall–Kier alpha value is -1.46. The van der Waals surface area contributed by atoms with E-state index in [1.165, 1.54) is 0 Å². The summed E-state index contributed by atoms with van der Waals surface area (Å²) in [6, 6.07) is 5.69. The third kappa shape index (κ3) is 2.77. The highest BCUT2D eigenvalue weighted by atomic mass is 35.5. The first-order valence-corrected chi connectivity index (χ1v) is 6.16. The van der Waals surface area contributed by atoms with Gasteiger partial charge in [0.1, 0.15) is 0 Å². The molecular weight excluding hydrogens is 268 g/mol. The molecule has 2 heterocycles. The predicted molar refractivity (Wildman–Crippen MR) is 73.2 cm³/mol. The van der Waals surface area contributed by atoms with Gasteiger partial charge in [0.25, 0.3) is 5.91 Å². The van der Waals surface area contributed by atoms with E-state index in [4.69, 9.17) is 9.47 Å². The molecule has 0 aromatic heterocycles. The molecule has 2 aliphatic rings. The van der Waals surface area contributed by atoms with Gasteiger partial charge in [0.15, 0.2) is 11.5 Å². The molecule has 1 amide bonds. The van der Waals surface area contributed by atoms with E-state index in [-0.39, 0.29) is 25.1 Å². The number of piperazine rings is 1. The van der Waals surface area contributed by atoms with Crippen molar-refractivity contribution in [3.05, 3.63) is 23.8 Å². The van der Waals surface area contributed by atoms with Crippen molar-refractivity contribution in [2.75, 3.05) is 26.4 Å². The van der Waals surface area contributed by atoms with Crippen molar-refractivity contribution in [2.45, 2.75) is 13.0 Å². The summed E-state index contributed by atoms with van der Waals surface area (Å²) in [6.07, 6.45) is 0. The molecule has 1 N–H and O–H groups in total. The van der Waals surface area contributed by atoms with Gasteiger partial charge < -0.3 is 19.7 Å². The molecule has 1 aromatic carbocycles. The Balaban J connectivity index is 0.00000133. The van der Waals surface area contributed by atoms with Crippen LogP contribution in [0.25, 0.3) is 0 Å². The lowest BCUT2D eigenvalue weighted by molar-refractivity contribution is 0.0708. The van der Waals surface area contributed by atoms with E-state index in [0.29, 0.717) is 23.1 Å². The number of rotatable bonds is 1. The Morgan fingerprint density at radius 3 is 2.95 bits per heavy atom. The van der Waals surface area contributed by atoms with Gasteiger partial charge >= 0.3 is 0 Å². The summed E-state index contributed by atoms with van der Waals surface area (Å²) in [5, 5.41) is 3.32. The summed E-state index contributed by atoms with van der Waals surface area (Å²) in [7, 11) is 0. The molecule has 1 fully saturated rings. The van der Waals surface area contributed by atoms with Crippen LogP contribution in [0.5, 0.6) is 11.5 Å². The summed E-state index contributed by atoms with van der Waals surface area (Å²) in [6.45, 7) is 4.65. The third-order valence-electron chi connectivity index (χ3n) is 3.28. The summed E-state index contributed by atoms with van der Waals surface area (Å²) in [5.41, 5.74) is 0.661. The van der Waals surface area contributed by atoms with E-state index in [2.05, 4.69) is 12.2 Å². The summed E-state index contributed by atoms with van der Waals surface area (Å²) < 4.78 is 10.5. The Morgan fingerprint density at radius 2 is 2.16 bits per heavy atom. The normalized spacial score (nSPS) is 20.9. The van der Waals surface area contributed by atoms with E-state index >= 15 is 0 Å². The first kappa shape index (κ1) is 14.0. The van der Waals surface area contributed by atoms with Crippen molar-refractivity contribution in [1.82, 2.24) is 10.2 Å². The minimum absolute atomic E-state index is 0. The molecule has 1 saturated heterocycles. The molecule has 0 bridgehead atoms. The first-order valence-electron chi connectivity index (χ1n) is 6.16. The molecule has 2 aliphatic heterocycles. The molecule has 104 valence electrons. The lowest BCUT2D eigenvalue weighted by Gasteiger charge is -2.32. The van der Waals surface area contributed by atoms with Crippen LogP contribution in [0.4, 0.5) is 0 Å². The summed E-state index contributed by atoms with van der Waals surface area (Å²) >= 11 is 0. The van der Waals surface area contributed by atoms with Gasteiger partial charge in [0.05, 0.1) is 0 Å². The van der Waals surface area contributed by atoms with Crippen LogP contribution in [0, 0.1) is 0 Å². The monoisotopic (exact) mass is 284 g/mol. The molecule has 1 aromatic rings. The molecule has 0 saturated carbocycles. The van der Waals surface area contributed by atoms with E-state index in [9.17, 15) is 4.79 Å². The van der Waals surface area contributed by atoms with Crippen LogP contribution in [-0.2, 0) is 0 Å². The number of nitrogens with one attached hydrogen (secondary N) is 1. The predicted octanol–water partition coefficient (Wildman–Crippen LogP) is 1.27. The van der Waals surface area contributed by atoms with Crippen LogP contribution in [0.1, 0.15) is 17.3 Å². The van der Waals surface area contributed by atoms with Gasteiger partial charge in [-0.2, -0.15) is 0 Å². The number of ether oxygens (including phenoxy) is 2. The third-order valence-corrected chi connectivity index (χ3v) is 3.28. The second-order valence-electron chi connectivity index (χ2n) is 4.67. The SMILES string of the molecule is C[C@H]1CN(C(=O)c2ccc3c(c2)OCO3)CCN1.Cl. The fraction of sp³-hybridized carbons (Fsp3) is 0.462. The highest BCUT2D eigenvalue weighted by molar-refractivity contribution is 5.95. The fourth-order valence-corrected chi connectivity index (χ4v) is 2.33. The number of halogens is 1. The van der Waals surface area contributed by atoms with Crippen molar-refractivity contribution in [3.8, 4) is 11.5 Å². The first-order chi connectivity index (χ1) is 8.74. The second kappa shape index (κ2) is 5.67. The Kier molecular flexibility index (Phi) is 4.17. The van der Waals surface area contributed by atoms with E-state index in [1.807, 2.05) is 4.90 Å². The molecule has 0 spiro atoms. The van der Waals surface area contributed by atoms with Gasteiger partial charge in [-0.25, -0.2) is 0 Å². The zero-order valence-electron chi connectivity index (χ0n) is 10.7. The minimum atomic E-state index is 0. The number of benzene rings is 1. The van der Waals surface area contributed by atoms with Gasteiger partial charge in [-0.15, -0.1) is 12.4 Å². The van der Waals surface area contributed by atoms with Gasteiger partial charge in [-0.05, 0) is 25.1 Å². The smallest absolute Gasteiger partial charge is 0.254 e. The maximum Gasteiger partial charge on any atom is 0.254 e. The molecule has 0 radical (unpaired) electrons. The Labute approximate surface area is 118 Å². The highest BCUT2D eigenvalue weighted by Crippen LogP contribution is 2.32. The maximum absolute atomic E-state index is 12.3. The zero-order chi connectivity index (χ0) is 12.5. The van der Waals surface area contributed by atoms with Gasteiger partial charge in [-0.1, -0.05) is 0 Å². The lowest BCUT2D eigenvalue weighted by Crippen LogP contribution is -2.51.